The minimum absolute atomic E-state index is 0.477. The molecular weight excluding hydrogens is 182 g/mol. The van der Waals surface area contributed by atoms with Crippen molar-refractivity contribution in [3.8, 4) is 0 Å². The number of benzene rings is 1. The van der Waals surface area contributed by atoms with Gasteiger partial charge in [0.25, 0.3) is 0 Å². The van der Waals surface area contributed by atoms with Crippen molar-refractivity contribution >= 4 is 0 Å². The highest BCUT2D eigenvalue weighted by atomic mass is 14.9. The topological polar surface area (TPSA) is 12.0 Å². The number of nitrogens with one attached hydrogen (secondary N) is 1. The molecule has 0 spiro atoms. The van der Waals surface area contributed by atoms with Crippen LogP contribution in [0.25, 0.3) is 0 Å². The molecule has 0 amide bonds. The van der Waals surface area contributed by atoms with Crippen LogP contribution in [-0.2, 0) is 0 Å². The Labute approximate surface area is 93.2 Å². The maximum absolute atomic E-state index is 3.91. The molecule has 0 aromatic heterocycles. The Kier molecular flexibility index (Phi) is 5.13. The molecule has 1 N–H and O–H groups in total. The molecule has 0 aliphatic heterocycles. The molecule has 0 radical (unpaired) electrons. The van der Waals surface area contributed by atoms with Gasteiger partial charge in [0.2, 0.25) is 0 Å². The van der Waals surface area contributed by atoms with E-state index in [1.165, 1.54) is 11.1 Å². The van der Waals surface area contributed by atoms with Crippen molar-refractivity contribution in [3.63, 3.8) is 0 Å². The Morgan fingerprint density at radius 3 is 2.53 bits per heavy atom. The van der Waals surface area contributed by atoms with Crippen molar-refractivity contribution in [2.45, 2.75) is 32.7 Å². The smallest absolute Gasteiger partial charge is 0.0317 e. The molecule has 1 nitrogen and oxygen atoms in total. The molecule has 0 bridgehead atoms. The van der Waals surface area contributed by atoms with E-state index in [0.29, 0.717) is 6.04 Å². The SMILES string of the molecule is C=C(C)CCNC(CC)c1ccccc1. The van der Waals surface area contributed by atoms with Crippen LogP contribution in [-0.4, -0.2) is 6.54 Å². The Bertz CT molecular complexity index is 289. The zero-order valence-corrected chi connectivity index (χ0v) is 9.79. The zero-order valence-electron chi connectivity index (χ0n) is 9.79. The molecule has 0 saturated carbocycles. The molecule has 1 aromatic carbocycles. The third kappa shape index (κ3) is 4.30. The van der Waals surface area contributed by atoms with Crippen LogP contribution in [0.3, 0.4) is 0 Å². The summed E-state index contributed by atoms with van der Waals surface area (Å²) in [6, 6.07) is 11.1. The molecule has 1 unspecified atom stereocenters. The van der Waals surface area contributed by atoms with Gasteiger partial charge in [-0.1, -0.05) is 42.8 Å². The summed E-state index contributed by atoms with van der Waals surface area (Å²) in [4.78, 5) is 0. The van der Waals surface area contributed by atoms with Gasteiger partial charge in [-0.25, -0.2) is 0 Å². The summed E-state index contributed by atoms with van der Waals surface area (Å²) < 4.78 is 0. The van der Waals surface area contributed by atoms with Gasteiger partial charge in [0.05, 0.1) is 0 Å². The van der Waals surface area contributed by atoms with E-state index in [9.17, 15) is 0 Å². The van der Waals surface area contributed by atoms with E-state index >= 15 is 0 Å². The van der Waals surface area contributed by atoms with E-state index < -0.39 is 0 Å². The average molecular weight is 203 g/mol. The number of hydrogen-bond donors (Lipinski definition) is 1. The van der Waals surface area contributed by atoms with Crippen molar-refractivity contribution in [3.05, 3.63) is 48.0 Å². The van der Waals surface area contributed by atoms with Crippen LogP contribution in [0.1, 0.15) is 38.3 Å². The van der Waals surface area contributed by atoms with Crippen molar-refractivity contribution in [1.82, 2.24) is 5.32 Å². The van der Waals surface area contributed by atoms with Gasteiger partial charge < -0.3 is 5.32 Å². The molecule has 82 valence electrons. The van der Waals surface area contributed by atoms with Gasteiger partial charge in [-0.15, -0.1) is 6.58 Å². The second kappa shape index (κ2) is 6.41. The predicted octanol–water partition coefficient (Wildman–Crippen LogP) is 3.69. The molecule has 15 heavy (non-hydrogen) atoms. The van der Waals surface area contributed by atoms with Gasteiger partial charge in [0.15, 0.2) is 0 Å². The first-order chi connectivity index (χ1) is 7.24. The highest BCUT2D eigenvalue weighted by molar-refractivity contribution is 5.18. The van der Waals surface area contributed by atoms with Crippen molar-refractivity contribution in [2.24, 2.45) is 0 Å². The lowest BCUT2D eigenvalue weighted by molar-refractivity contribution is 0.522. The fourth-order valence-electron chi connectivity index (χ4n) is 1.64. The van der Waals surface area contributed by atoms with Gasteiger partial charge in [-0.05, 0) is 31.9 Å². The fourth-order valence-corrected chi connectivity index (χ4v) is 1.64. The first-order valence-electron chi connectivity index (χ1n) is 5.66. The highest BCUT2D eigenvalue weighted by Crippen LogP contribution is 2.15. The third-order valence-corrected chi connectivity index (χ3v) is 2.55. The van der Waals surface area contributed by atoms with E-state index in [2.05, 4.69) is 56.1 Å². The maximum atomic E-state index is 3.91. The summed E-state index contributed by atoms with van der Waals surface area (Å²) in [5, 5.41) is 3.56. The van der Waals surface area contributed by atoms with Crippen LogP contribution in [0.15, 0.2) is 42.5 Å². The lowest BCUT2D eigenvalue weighted by atomic mass is 10.0. The van der Waals surface area contributed by atoms with E-state index in [0.717, 1.165) is 19.4 Å². The summed E-state index contributed by atoms with van der Waals surface area (Å²) in [6.07, 6.45) is 2.18. The first-order valence-corrected chi connectivity index (χ1v) is 5.66. The summed E-state index contributed by atoms with van der Waals surface area (Å²) in [5.41, 5.74) is 2.62. The average Bonchev–Trinajstić information content (AvgIpc) is 2.25. The van der Waals surface area contributed by atoms with E-state index in [-0.39, 0.29) is 0 Å². The first kappa shape index (κ1) is 12.0. The van der Waals surface area contributed by atoms with Gasteiger partial charge in [0, 0.05) is 6.04 Å². The second-order valence-corrected chi connectivity index (χ2v) is 4.03. The summed E-state index contributed by atoms with van der Waals surface area (Å²) in [7, 11) is 0. The van der Waals surface area contributed by atoms with Gasteiger partial charge >= 0.3 is 0 Å². The van der Waals surface area contributed by atoms with Crippen molar-refractivity contribution in [2.75, 3.05) is 6.54 Å². The maximum Gasteiger partial charge on any atom is 0.0317 e. The van der Waals surface area contributed by atoms with Crippen LogP contribution in [0.4, 0.5) is 0 Å². The Balaban J connectivity index is 2.46. The molecule has 0 aliphatic rings. The number of rotatable bonds is 6. The molecule has 0 heterocycles. The Morgan fingerprint density at radius 1 is 1.33 bits per heavy atom. The van der Waals surface area contributed by atoms with Gasteiger partial charge in [-0.3, -0.25) is 0 Å². The van der Waals surface area contributed by atoms with Crippen LogP contribution in [0.5, 0.6) is 0 Å². The number of hydrogen-bond acceptors (Lipinski definition) is 1. The second-order valence-electron chi connectivity index (χ2n) is 4.03. The quantitative estimate of drug-likeness (QED) is 0.695. The molecule has 1 atom stereocenters. The normalized spacial score (nSPS) is 12.4. The van der Waals surface area contributed by atoms with Crippen LogP contribution in [0.2, 0.25) is 0 Å². The summed E-state index contributed by atoms with van der Waals surface area (Å²) >= 11 is 0. The molecular formula is C14H21N. The largest absolute Gasteiger partial charge is 0.310 e. The highest BCUT2D eigenvalue weighted by Gasteiger charge is 2.06. The van der Waals surface area contributed by atoms with E-state index in [1.807, 2.05) is 0 Å². The summed E-state index contributed by atoms with van der Waals surface area (Å²) in [6.45, 7) is 9.22. The monoisotopic (exact) mass is 203 g/mol. The third-order valence-electron chi connectivity index (χ3n) is 2.55. The minimum atomic E-state index is 0.477. The standard InChI is InChI=1S/C14H21N/c1-4-14(15-11-10-12(2)3)13-8-6-5-7-9-13/h5-9,14-15H,2,4,10-11H2,1,3H3. The molecule has 1 rings (SSSR count). The van der Waals surface area contributed by atoms with Crippen molar-refractivity contribution in [1.29, 1.82) is 0 Å². The molecule has 0 aliphatic carbocycles. The van der Waals surface area contributed by atoms with Crippen LogP contribution in [0, 0.1) is 0 Å². The Hall–Kier alpha value is -1.08. The van der Waals surface area contributed by atoms with Gasteiger partial charge in [0.1, 0.15) is 0 Å². The van der Waals surface area contributed by atoms with Crippen molar-refractivity contribution < 1.29 is 0 Å². The van der Waals surface area contributed by atoms with Gasteiger partial charge in [-0.2, -0.15) is 0 Å². The zero-order chi connectivity index (χ0) is 11.1. The minimum Gasteiger partial charge on any atom is -0.310 e. The van der Waals surface area contributed by atoms with Crippen LogP contribution >= 0.6 is 0 Å². The molecule has 0 saturated heterocycles. The predicted molar refractivity (Wildman–Crippen MR) is 66.9 cm³/mol. The summed E-state index contributed by atoms with van der Waals surface area (Å²) in [5.74, 6) is 0. The van der Waals surface area contributed by atoms with Crippen LogP contribution < -0.4 is 5.32 Å². The molecule has 1 aromatic rings. The Morgan fingerprint density at radius 2 is 2.00 bits per heavy atom. The fraction of sp³-hybridized carbons (Fsp3) is 0.429. The van der Waals surface area contributed by atoms with E-state index in [4.69, 9.17) is 0 Å². The lowest BCUT2D eigenvalue weighted by Gasteiger charge is -2.17. The lowest BCUT2D eigenvalue weighted by Crippen LogP contribution is -2.21. The molecule has 1 heteroatoms. The molecule has 0 fully saturated rings. The van der Waals surface area contributed by atoms with E-state index in [1.54, 1.807) is 0 Å².